The summed E-state index contributed by atoms with van der Waals surface area (Å²) in [5, 5.41) is 14.6. The molecule has 0 fully saturated rings. The van der Waals surface area contributed by atoms with E-state index in [0.29, 0.717) is 18.8 Å². The van der Waals surface area contributed by atoms with Gasteiger partial charge in [0.1, 0.15) is 0 Å². The molecule has 0 saturated carbocycles. The van der Waals surface area contributed by atoms with E-state index in [4.69, 9.17) is 9.84 Å². The van der Waals surface area contributed by atoms with Gasteiger partial charge in [-0.15, -0.1) is 0 Å². The summed E-state index contributed by atoms with van der Waals surface area (Å²) in [6.45, 7) is 0.562. The molecule has 2 N–H and O–H groups in total. The minimum Gasteiger partial charge on any atom is -0.481 e. The largest absolute Gasteiger partial charge is 0.481 e. The molecule has 1 aromatic heterocycles. The van der Waals surface area contributed by atoms with Crippen molar-refractivity contribution in [3.63, 3.8) is 0 Å². The monoisotopic (exact) mass is 412 g/mol. The van der Waals surface area contributed by atoms with Gasteiger partial charge in [-0.25, -0.2) is 4.98 Å². The molecule has 31 heavy (non-hydrogen) atoms. The molecule has 156 valence electrons. The SMILES string of the molecule is COc1ncc(-c2ccc3ccccc3c2)cc1CNc1ccc(CCC(=O)O)cc1. The maximum absolute atomic E-state index is 10.7. The second-order valence-corrected chi connectivity index (χ2v) is 7.40. The van der Waals surface area contributed by atoms with E-state index < -0.39 is 5.97 Å². The standard InChI is InChI=1S/C26H24N2O3/c1-31-26-23(17-27-24-11-6-18(7-12-24)8-13-25(29)30)15-22(16-28-26)21-10-9-19-4-2-3-5-20(19)14-21/h2-7,9-12,14-16,27H,8,13,17H2,1H3,(H,29,30). The first-order valence-corrected chi connectivity index (χ1v) is 10.2. The van der Waals surface area contributed by atoms with Crippen molar-refractivity contribution in [1.29, 1.82) is 0 Å². The summed E-state index contributed by atoms with van der Waals surface area (Å²) < 4.78 is 5.46. The van der Waals surface area contributed by atoms with Crippen molar-refractivity contribution < 1.29 is 14.6 Å². The van der Waals surface area contributed by atoms with Crippen molar-refractivity contribution in [2.45, 2.75) is 19.4 Å². The minimum absolute atomic E-state index is 0.136. The number of fused-ring (bicyclic) bond motifs is 1. The lowest BCUT2D eigenvalue weighted by Gasteiger charge is -2.12. The highest BCUT2D eigenvalue weighted by Gasteiger charge is 2.09. The van der Waals surface area contributed by atoms with Gasteiger partial charge in [-0.05, 0) is 52.6 Å². The summed E-state index contributed by atoms with van der Waals surface area (Å²) in [4.78, 5) is 15.2. The van der Waals surface area contributed by atoms with Gasteiger partial charge in [-0.1, -0.05) is 48.5 Å². The Kier molecular flexibility index (Phi) is 6.13. The Hall–Kier alpha value is -3.86. The first kappa shape index (κ1) is 20.4. The van der Waals surface area contributed by atoms with Crippen LogP contribution in [0.5, 0.6) is 5.88 Å². The molecule has 0 bridgehead atoms. The Morgan fingerprint density at radius 1 is 0.968 bits per heavy atom. The number of hydrogen-bond acceptors (Lipinski definition) is 4. The predicted octanol–water partition coefficient (Wildman–Crippen LogP) is 5.54. The zero-order valence-corrected chi connectivity index (χ0v) is 17.3. The number of carboxylic acid groups (broad SMARTS) is 1. The fraction of sp³-hybridized carbons (Fsp3) is 0.154. The molecule has 1 heterocycles. The molecule has 0 atom stereocenters. The summed E-state index contributed by atoms with van der Waals surface area (Å²) in [6.07, 6.45) is 2.50. The highest BCUT2D eigenvalue weighted by Crippen LogP contribution is 2.28. The summed E-state index contributed by atoms with van der Waals surface area (Å²) in [5.74, 6) is -0.191. The average molecular weight is 412 g/mol. The summed E-state index contributed by atoms with van der Waals surface area (Å²) >= 11 is 0. The molecule has 0 radical (unpaired) electrons. The van der Waals surface area contributed by atoms with Crippen molar-refractivity contribution in [1.82, 2.24) is 4.98 Å². The molecule has 0 aliphatic rings. The summed E-state index contributed by atoms with van der Waals surface area (Å²) in [7, 11) is 1.62. The molecular formula is C26H24N2O3. The maximum Gasteiger partial charge on any atom is 0.303 e. The van der Waals surface area contributed by atoms with Gasteiger partial charge in [0.2, 0.25) is 5.88 Å². The quantitative estimate of drug-likeness (QED) is 0.398. The lowest BCUT2D eigenvalue weighted by atomic mass is 10.0. The maximum atomic E-state index is 10.7. The number of pyridine rings is 1. The van der Waals surface area contributed by atoms with E-state index in [1.165, 1.54) is 10.8 Å². The highest BCUT2D eigenvalue weighted by atomic mass is 16.5. The van der Waals surface area contributed by atoms with Crippen LogP contribution in [0.25, 0.3) is 21.9 Å². The third kappa shape index (κ3) is 5.01. The topological polar surface area (TPSA) is 71.5 Å². The van der Waals surface area contributed by atoms with Crippen LogP contribution in [-0.2, 0) is 17.8 Å². The van der Waals surface area contributed by atoms with E-state index in [9.17, 15) is 4.79 Å². The zero-order chi connectivity index (χ0) is 21.6. The van der Waals surface area contributed by atoms with Crippen LogP contribution in [0.1, 0.15) is 17.5 Å². The molecule has 4 aromatic rings. The van der Waals surface area contributed by atoms with Gasteiger partial charge in [-0.2, -0.15) is 0 Å². The number of benzene rings is 3. The molecular weight excluding hydrogens is 388 g/mol. The number of anilines is 1. The predicted molar refractivity (Wildman–Crippen MR) is 123 cm³/mol. The molecule has 4 rings (SSSR count). The molecule has 0 saturated heterocycles. The number of aliphatic carboxylic acids is 1. The Bertz CT molecular complexity index is 1200. The van der Waals surface area contributed by atoms with Crippen LogP contribution in [0, 0.1) is 0 Å². The molecule has 0 spiro atoms. The van der Waals surface area contributed by atoms with Crippen molar-refractivity contribution in [3.8, 4) is 17.0 Å². The van der Waals surface area contributed by atoms with Crippen LogP contribution < -0.4 is 10.1 Å². The average Bonchev–Trinajstić information content (AvgIpc) is 2.81. The molecule has 3 aromatic carbocycles. The smallest absolute Gasteiger partial charge is 0.303 e. The molecule has 5 heteroatoms. The van der Waals surface area contributed by atoms with Gasteiger partial charge < -0.3 is 15.2 Å². The van der Waals surface area contributed by atoms with E-state index in [0.717, 1.165) is 27.9 Å². The van der Waals surface area contributed by atoms with Gasteiger partial charge in [0.25, 0.3) is 0 Å². The Morgan fingerprint density at radius 2 is 1.74 bits per heavy atom. The molecule has 5 nitrogen and oxygen atoms in total. The van der Waals surface area contributed by atoms with Gasteiger partial charge >= 0.3 is 5.97 Å². The van der Waals surface area contributed by atoms with E-state index in [2.05, 4.69) is 46.7 Å². The third-order valence-corrected chi connectivity index (χ3v) is 5.27. The number of carbonyl (C=O) groups is 1. The van der Waals surface area contributed by atoms with E-state index >= 15 is 0 Å². The Morgan fingerprint density at radius 3 is 2.48 bits per heavy atom. The van der Waals surface area contributed by atoms with Gasteiger partial charge in [0.05, 0.1) is 7.11 Å². The third-order valence-electron chi connectivity index (χ3n) is 5.27. The van der Waals surface area contributed by atoms with Crippen molar-refractivity contribution in [2.75, 3.05) is 12.4 Å². The zero-order valence-electron chi connectivity index (χ0n) is 17.3. The van der Waals surface area contributed by atoms with Crippen LogP contribution in [0.3, 0.4) is 0 Å². The number of ether oxygens (including phenoxy) is 1. The van der Waals surface area contributed by atoms with Gasteiger partial charge in [0.15, 0.2) is 0 Å². The number of methoxy groups -OCH3 is 1. The van der Waals surface area contributed by atoms with E-state index in [1.54, 1.807) is 7.11 Å². The first-order chi connectivity index (χ1) is 15.1. The number of hydrogen-bond donors (Lipinski definition) is 2. The second-order valence-electron chi connectivity index (χ2n) is 7.40. The van der Waals surface area contributed by atoms with Crippen molar-refractivity contribution in [2.24, 2.45) is 0 Å². The van der Waals surface area contributed by atoms with E-state index in [-0.39, 0.29) is 6.42 Å². The van der Waals surface area contributed by atoms with Crippen LogP contribution in [0.15, 0.2) is 79.0 Å². The highest BCUT2D eigenvalue weighted by molar-refractivity contribution is 5.87. The van der Waals surface area contributed by atoms with Crippen LogP contribution >= 0.6 is 0 Å². The van der Waals surface area contributed by atoms with Crippen molar-refractivity contribution in [3.05, 3.63) is 90.1 Å². The molecule has 0 unspecified atom stereocenters. The summed E-state index contributed by atoms with van der Waals surface area (Å²) in [6, 6.07) is 24.6. The lowest BCUT2D eigenvalue weighted by molar-refractivity contribution is -0.136. The number of nitrogens with one attached hydrogen (secondary N) is 1. The first-order valence-electron chi connectivity index (χ1n) is 10.2. The number of carboxylic acids is 1. The van der Waals surface area contributed by atoms with Crippen LogP contribution in [-0.4, -0.2) is 23.2 Å². The molecule has 0 aliphatic heterocycles. The molecule has 0 aliphatic carbocycles. The number of rotatable bonds is 8. The van der Waals surface area contributed by atoms with Gasteiger partial charge in [-0.3, -0.25) is 4.79 Å². The number of aromatic nitrogens is 1. The Balaban J connectivity index is 1.51. The van der Waals surface area contributed by atoms with Crippen LogP contribution in [0.2, 0.25) is 0 Å². The van der Waals surface area contributed by atoms with Crippen LogP contribution in [0.4, 0.5) is 5.69 Å². The molecule has 0 amide bonds. The lowest BCUT2D eigenvalue weighted by Crippen LogP contribution is -2.04. The van der Waals surface area contributed by atoms with E-state index in [1.807, 2.05) is 42.6 Å². The van der Waals surface area contributed by atoms with Crippen molar-refractivity contribution >= 4 is 22.4 Å². The fourth-order valence-electron chi connectivity index (χ4n) is 3.57. The van der Waals surface area contributed by atoms with Gasteiger partial charge in [0, 0.05) is 36.0 Å². The fourth-order valence-corrected chi connectivity index (χ4v) is 3.57. The second kappa shape index (κ2) is 9.30. The Labute approximate surface area is 181 Å². The minimum atomic E-state index is -0.784. The normalized spacial score (nSPS) is 10.7. The number of aryl methyl sites for hydroxylation is 1. The summed E-state index contributed by atoms with van der Waals surface area (Å²) in [5.41, 5.74) is 5.07. The number of nitrogens with zero attached hydrogens (tertiary/aromatic N) is 1.